The van der Waals surface area contributed by atoms with Crippen molar-refractivity contribution < 1.29 is 35.4 Å². The Morgan fingerprint density at radius 2 is 0.692 bits per heavy atom. The smallest absolute Gasteiger partial charge is 0 e. The average Bonchev–Trinajstić information content (AvgIpc) is 2.33. The number of rotatable bonds is 0. The molecule has 0 unspecified atom stereocenters. The summed E-state index contributed by atoms with van der Waals surface area (Å²) < 4.78 is 0. The molecule has 13 heavy (non-hydrogen) atoms. The molecule has 0 bridgehead atoms. The molecule has 4 nitrogen and oxygen atoms in total. The third-order valence-corrected chi connectivity index (χ3v) is 0. The summed E-state index contributed by atoms with van der Waals surface area (Å²) >= 11 is 0. The molecule has 84 valence electrons. The van der Waals surface area contributed by atoms with Crippen molar-refractivity contribution in [1.29, 1.82) is 0 Å². The van der Waals surface area contributed by atoms with Crippen LogP contribution in [0.15, 0.2) is 0 Å². The van der Waals surface area contributed by atoms with E-state index in [1.807, 2.05) is 0 Å². The second kappa shape index (κ2) is 11300. The zero-order chi connectivity index (χ0) is 12.0. The number of hydrogen-bond acceptors (Lipinski definition) is 3. The normalized spacial score (nSPS) is 2.31. The van der Waals surface area contributed by atoms with E-state index in [0.717, 1.165) is 0 Å². The van der Waals surface area contributed by atoms with Crippen molar-refractivity contribution in [3.8, 4) is 0 Å². The fourth-order valence-corrected chi connectivity index (χ4v) is 0. The Bertz CT molecular complexity index is 24.1. The van der Waals surface area contributed by atoms with Crippen LogP contribution in [-0.2, 0) is 35.4 Å². The molecular formula is C8H17MoNO3-6. The third kappa shape index (κ3) is 9310. The second-order valence-electron chi connectivity index (χ2n) is 0. The molecule has 1 N–H and O–H groups in total. The van der Waals surface area contributed by atoms with Crippen LogP contribution in [0.2, 0.25) is 0 Å². The molecule has 0 aliphatic rings. The maximum atomic E-state index is 7.75. The summed E-state index contributed by atoms with van der Waals surface area (Å²) in [4.78, 5) is 23.2. The van der Waals surface area contributed by atoms with Gasteiger partial charge in [-0.25, -0.2) is 0 Å². The Balaban J connectivity index is -0.00000000655. The van der Waals surface area contributed by atoms with E-state index in [9.17, 15) is 0 Å². The predicted octanol–water partition coefficient (Wildman–Crippen LogP) is 1.52. The van der Waals surface area contributed by atoms with E-state index in [1.165, 1.54) is 7.05 Å². The van der Waals surface area contributed by atoms with E-state index < -0.39 is 0 Å². The van der Waals surface area contributed by atoms with Gasteiger partial charge in [0.2, 0.25) is 0 Å². The summed E-state index contributed by atoms with van der Waals surface area (Å²) in [6, 6.07) is 0. The van der Waals surface area contributed by atoms with Crippen LogP contribution in [0.5, 0.6) is 0 Å². The van der Waals surface area contributed by atoms with Gasteiger partial charge in [-0.1, -0.05) is 0 Å². The summed E-state index contributed by atoms with van der Waals surface area (Å²) in [5, 5.41) is 0. The van der Waals surface area contributed by atoms with Gasteiger partial charge in [-0.15, -0.1) is 0 Å². The Hall–Kier alpha value is -0.342. The maximum absolute atomic E-state index is 7.75. The van der Waals surface area contributed by atoms with Gasteiger partial charge in [0.05, 0.1) is 0 Å². The summed E-state index contributed by atoms with van der Waals surface area (Å²) in [5.74, 6) is 0. The first-order valence-corrected chi connectivity index (χ1v) is 2.62. The van der Waals surface area contributed by atoms with Crippen molar-refractivity contribution in [2.75, 3.05) is 7.05 Å². The fraction of sp³-hybridized carbons (Fsp3) is 0.375. The topological polar surface area (TPSA) is 75.0 Å². The van der Waals surface area contributed by atoms with Gasteiger partial charge < -0.3 is 34.0 Å². The maximum Gasteiger partial charge on any atom is 0 e. The third-order valence-electron chi connectivity index (χ3n) is 0. The number of carbonyl (C=O) groups excluding carboxylic acids is 3. The molecule has 0 fully saturated rings. The molecular weight excluding hydrogens is 254 g/mol. The molecule has 0 saturated heterocycles. The molecule has 0 saturated carbocycles. The zero-order valence-corrected chi connectivity index (χ0v) is 10.3. The molecule has 0 amide bonds. The summed E-state index contributed by atoms with van der Waals surface area (Å²) in [7, 11) is 1.25. The van der Waals surface area contributed by atoms with Crippen LogP contribution in [0.4, 0.5) is 0 Å². The second-order valence-corrected chi connectivity index (χ2v) is 0. The molecule has 0 aromatic carbocycles. The van der Waals surface area contributed by atoms with Gasteiger partial charge in [0.25, 0.3) is 0 Å². The van der Waals surface area contributed by atoms with Crippen molar-refractivity contribution in [1.82, 2.24) is 0 Å². The molecule has 0 heterocycles. The zero-order valence-electron chi connectivity index (χ0n) is 8.28. The Morgan fingerprint density at radius 3 is 0.692 bits per heavy atom. The van der Waals surface area contributed by atoms with E-state index in [-0.39, 0.29) is 21.1 Å². The molecule has 0 aromatic rings. The van der Waals surface area contributed by atoms with Gasteiger partial charge in [0.1, 0.15) is 0 Å². The van der Waals surface area contributed by atoms with Gasteiger partial charge in [-0.2, -0.15) is 20.9 Å². The van der Waals surface area contributed by atoms with Crippen molar-refractivity contribution in [2.45, 2.75) is 13.8 Å². The first-order valence-electron chi connectivity index (χ1n) is 2.62. The first kappa shape index (κ1) is 53.7. The van der Waals surface area contributed by atoms with Crippen LogP contribution in [0.1, 0.15) is 13.8 Å². The van der Waals surface area contributed by atoms with Gasteiger partial charge in [-0.3, -0.25) is 20.4 Å². The Kier molecular flexibility index (Phi) is 46900. The largest absolute Gasteiger partial charge is 0.680 e. The van der Waals surface area contributed by atoms with Crippen LogP contribution in [-0.4, -0.2) is 27.4 Å². The van der Waals surface area contributed by atoms with Crippen molar-refractivity contribution in [3.63, 3.8) is 0 Å². The van der Waals surface area contributed by atoms with Gasteiger partial charge in [-0.05, 0) is 0 Å². The number of nitrogens with one attached hydrogen (secondary N) is 1. The molecule has 0 spiro atoms. The molecule has 0 aliphatic carbocycles. The minimum atomic E-state index is 0. The molecule has 0 radical (unpaired) electrons. The summed E-state index contributed by atoms with van der Waals surface area (Å²) in [6.07, 6.45) is 0. The van der Waals surface area contributed by atoms with Crippen LogP contribution in [0.3, 0.4) is 0 Å². The van der Waals surface area contributed by atoms with Crippen LogP contribution in [0.25, 0.3) is 5.73 Å². The van der Waals surface area contributed by atoms with Crippen LogP contribution >= 0.6 is 0 Å². The monoisotopic (exact) mass is 273 g/mol. The van der Waals surface area contributed by atoms with E-state index in [1.54, 1.807) is 13.8 Å². The van der Waals surface area contributed by atoms with E-state index in [2.05, 4.69) is 34.2 Å². The SMILES string of the molecule is C[NH-].[CH-]=O.[CH-]=O.[CH-]=O.[CH2-]C.[CH2-]C.[Mo]. The van der Waals surface area contributed by atoms with E-state index >= 15 is 0 Å². The van der Waals surface area contributed by atoms with Crippen molar-refractivity contribution in [3.05, 3.63) is 19.6 Å². The molecule has 0 aromatic heterocycles. The fourth-order valence-electron chi connectivity index (χ4n) is 0. The van der Waals surface area contributed by atoms with Crippen molar-refractivity contribution in [2.24, 2.45) is 0 Å². The van der Waals surface area contributed by atoms with Gasteiger partial charge in [0.15, 0.2) is 0 Å². The number of hydrogen-bond donors (Lipinski definition) is 0. The van der Waals surface area contributed by atoms with Crippen LogP contribution < -0.4 is 0 Å². The average molecular weight is 271 g/mol. The van der Waals surface area contributed by atoms with Crippen LogP contribution in [0, 0.1) is 13.8 Å². The Labute approximate surface area is 96.5 Å². The predicted molar refractivity (Wildman–Crippen MR) is 52.6 cm³/mol. The summed E-state index contributed by atoms with van der Waals surface area (Å²) in [6.45, 7) is 19.8. The van der Waals surface area contributed by atoms with Gasteiger partial charge in [0, 0.05) is 21.1 Å². The molecule has 0 aliphatic heterocycles. The first-order chi connectivity index (χ1) is 6.00. The minimum absolute atomic E-state index is 0. The molecule has 0 atom stereocenters. The standard InChI is InChI=1S/2C2H5.CH4N.3CHO.Mo/c6*1-2;/h2*1H2,2H3;2H,1H3;3*1H;/q6*-1;. The minimum Gasteiger partial charge on any atom is -0.680 e. The molecule has 5 heteroatoms. The van der Waals surface area contributed by atoms with E-state index in [0.29, 0.717) is 0 Å². The van der Waals surface area contributed by atoms with Gasteiger partial charge >= 0.3 is 0 Å². The summed E-state index contributed by atoms with van der Waals surface area (Å²) in [5.41, 5.74) is 5.75. The van der Waals surface area contributed by atoms with Crippen molar-refractivity contribution >= 4 is 20.4 Å². The Morgan fingerprint density at radius 1 is 0.692 bits per heavy atom. The van der Waals surface area contributed by atoms with E-state index in [4.69, 9.17) is 20.1 Å². The quantitative estimate of drug-likeness (QED) is 0.381. The molecule has 0 rings (SSSR count).